The van der Waals surface area contributed by atoms with Crippen molar-refractivity contribution in [2.24, 2.45) is 0 Å². The van der Waals surface area contributed by atoms with Crippen molar-refractivity contribution in [1.82, 2.24) is 15.5 Å². The second-order valence-electron chi connectivity index (χ2n) is 3.68. The standard InChI is InChI=1S/C10H11F3N4O3/c11-10(12,13)6-3-4-7(17-16-6)15-9(20)14-5-1-2-8(18)19/h3-4H,1-2,5H2,(H,18,19)(H2,14,15,17,20). The Morgan fingerprint density at radius 1 is 1.25 bits per heavy atom. The van der Waals surface area contributed by atoms with Crippen LogP contribution in [-0.2, 0) is 11.0 Å². The van der Waals surface area contributed by atoms with Gasteiger partial charge in [-0.15, -0.1) is 10.2 Å². The fraction of sp³-hybridized carbons (Fsp3) is 0.400. The summed E-state index contributed by atoms with van der Waals surface area (Å²) in [6.07, 6.45) is -4.45. The van der Waals surface area contributed by atoms with Gasteiger partial charge < -0.3 is 10.4 Å². The summed E-state index contributed by atoms with van der Waals surface area (Å²) < 4.78 is 36.6. The fourth-order valence-electron chi connectivity index (χ4n) is 1.15. The summed E-state index contributed by atoms with van der Waals surface area (Å²) in [7, 11) is 0. The highest BCUT2D eigenvalue weighted by molar-refractivity contribution is 5.88. The van der Waals surface area contributed by atoms with Crippen LogP contribution in [0.1, 0.15) is 18.5 Å². The van der Waals surface area contributed by atoms with Crippen molar-refractivity contribution in [2.75, 3.05) is 11.9 Å². The highest BCUT2D eigenvalue weighted by Gasteiger charge is 2.32. The maximum absolute atomic E-state index is 12.2. The van der Waals surface area contributed by atoms with Gasteiger partial charge in [-0.05, 0) is 18.6 Å². The molecule has 0 saturated heterocycles. The van der Waals surface area contributed by atoms with Gasteiger partial charge in [0.05, 0.1) is 0 Å². The van der Waals surface area contributed by atoms with Gasteiger partial charge in [-0.25, -0.2) is 4.79 Å². The van der Waals surface area contributed by atoms with E-state index in [1.165, 1.54) is 0 Å². The number of nitrogens with one attached hydrogen (secondary N) is 2. The van der Waals surface area contributed by atoms with E-state index in [2.05, 4.69) is 20.8 Å². The molecule has 0 aliphatic rings. The smallest absolute Gasteiger partial charge is 0.435 e. The molecular formula is C10H11F3N4O3. The molecule has 1 aromatic heterocycles. The number of carboxylic acids is 1. The molecule has 0 atom stereocenters. The van der Waals surface area contributed by atoms with Gasteiger partial charge >= 0.3 is 18.2 Å². The lowest BCUT2D eigenvalue weighted by Crippen LogP contribution is -2.30. The molecule has 0 spiro atoms. The van der Waals surface area contributed by atoms with E-state index in [0.29, 0.717) is 6.07 Å². The van der Waals surface area contributed by atoms with Gasteiger partial charge in [0.15, 0.2) is 11.5 Å². The molecule has 0 radical (unpaired) electrons. The Balaban J connectivity index is 2.41. The van der Waals surface area contributed by atoms with Gasteiger partial charge in [0, 0.05) is 13.0 Å². The SMILES string of the molecule is O=C(O)CCCNC(=O)Nc1ccc(C(F)(F)F)nn1. The van der Waals surface area contributed by atoms with E-state index < -0.39 is 23.9 Å². The number of rotatable bonds is 5. The van der Waals surface area contributed by atoms with Crippen LogP contribution in [0.4, 0.5) is 23.8 Å². The predicted octanol–water partition coefficient (Wildman–Crippen LogP) is 1.48. The number of hydrogen-bond acceptors (Lipinski definition) is 4. The first kappa shape index (κ1) is 15.7. The van der Waals surface area contributed by atoms with Gasteiger partial charge in [0.1, 0.15) is 0 Å². The Morgan fingerprint density at radius 2 is 1.95 bits per heavy atom. The molecule has 7 nitrogen and oxygen atoms in total. The number of carbonyl (C=O) groups is 2. The molecule has 10 heteroatoms. The molecule has 0 aromatic carbocycles. The van der Waals surface area contributed by atoms with Crippen molar-refractivity contribution in [3.8, 4) is 0 Å². The number of aliphatic carboxylic acids is 1. The van der Waals surface area contributed by atoms with Crippen molar-refractivity contribution >= 4 is 17.8 Å². The topological polar surface area (TPSA) is 104 Å². The molecule has 3 N–H and O–H groups in total. The minimum absolute atomic E-state index is 0.0969. The number of nitrogens with zero attached hydrogens (tertiary/aromatic N) is 2. The zero-order valence-electron chi connectivity index (χ0n) is 10.1. The molecule has 110 valence electrons. The summed E-state index contributed by atoms with van der Waals surface area (Å²) >= 11 is 0. The maximum atomic E-state index is 12.2. The Labute approximate surface area is 111 Å². The highest BCUT2D eigenvalue weighted by atomic mass is 19.4. The predicted molar refractivity (Wildman–Crippen MR) is 60.9 cm³/mol. The molecule has 0 bridgehead atoms. The van der Waals surface area contributed by atoms with Crippen LogP contribution in [-0.4, -0.2) is 33.8 Å². The first-order chi connectivity index (χ1) is 9.29. The molecule has 0 saturated carbocycles. The second-order valence-corrected chi connectivity index (χ2v) is 3.68. The summed E-state index contributed by atoms with van der Waals surface area (Å²) in [5.74, 6) is -1.13. The lowest BCUT2D eigenvalue weighted by atomic mass is 10.3. The number of urea groups is 1. The van der Waals surface area contributed by atoms with Gasteiger partial charge in [-0.1, -0.05) is 0 Å². The number of anilines is 1. The molecule has 0 fully saturated rings. The van der Waals surface area contributed by atoms with E-state index >= 15 is 0 Å². The lowest BCUT2D eigenvalue weighted by molar-refractivity contribution is -0.141. The summed E-state index contributed by atoms with van der Waals surface area (Å²) in [6, 6.07) is 0.948. The quantitative estimate of drug-likeness (QED) is 0.713. The Bertz CT molecular complexity index is 476. The first-order valence-electron chi connectivity index (χ1n) is 5.46. The Morgan fingerprint density at radius 3 is 2.45 bits per heavy atom. The summed E-state index contributed by atoms with van der Waals surface area (Å²) in [5.41, 5.74) is -1.16. The van der Waals surface area contributed by atoms with E-state index in [1.807, 2.05) is 0 Å². The average molecular weight is 292 g/mol. The first-order valence-corrected chi connectivity index (χ1v) is 5.46. The molecule has 2 amide bonds. The molecule has 0 aliphatic carbocycles. The fourth-order valence-corrected chi connectivity index (χ4v) is 1.15. The molecule has 1 heterocycles. The third-order valence-electron chi connectivity index (χ3n) is 2.05. The van der Waals surface area contributed by atoms with Crippen LogP contribution in [0.2, 0.25) is 0 Å². The largest absolute Gasteiger partial charge is 0.481 e. The van der Waals surface area contributed by atoms with E-state index in [1.54, 1.807) is 0 Å². The number of hydrogen-bond donors (Lipinski definition) is 3. The molecule has 0 unspecified atom stereocenters. The molecule has 1 rings (SSSR count). The zero-order valence-corrected chi connectivity index (χ0v) is 10.1. The number of amides is 2. The van der Waals surface area contributed by atoms with Crippen LogP contribution in [0.15, 0.2) is 12.1 Å². The van der Waals surface area contributed by atoms with Crippen molar-refractivity contribution in [2.45, 2.75) is 19.0 Å². The van der Waals surface area contributed by atoms with Crippen molar-refractivity contribution in [1.29, 1.82) is 0 Å². The van der Waals surface area contributed by atoms with E-state index in [4.69, 9.17) is 5.11 Å². The number of carboxylic acid groups (broad SMARTS) is 1. The summed E-state index contributed by atoms with van der Waals surface area (Å²) in [4.78, 5) is 21.5. The zero-order chi connectivity index (χ0) is 15.2. The molecular weight excluding hydrogens is 281 g/mol. The van der Waals surface area contributed by atoms with Crippen LogP contribution >= 0.6 is 0 Å². The number of carbonyl (C=O) groups excluding carboxylic acids is 1. The number of alkyl halides is 3. The Hall–Kier alpha value is -2.39. The van der Waals surface area contributed by atoms with E-state index in [0.717, 1.165) is 6.07 Å². The normalized spacial score (nSPS) is 10.9. The Kier molecular flexibility index (Phi) is 5.23. The molecule has 20 heavy (non-hydrogen) atoms. The third kappa shape index (κ3) is 5.50. The molecule has 1 aromatic rings. The minimum atomic E-state index is -4.59. The number of aromatic nitrogens is 2. The van der Waals surface area contributed by atoms with Gasteiger partial charge in [0.2, 0.25) is 0 Å². The van der Waals surface area contributed by atoms with Crippen molar-refractivity contribution in [3.63, 3.8) is 0 Å². The van der Waals surface area contributed by atoms with Gasteiger partial charge in [-0.2, -0.15) is 13.2 Å². The summed E-state index contributed by atoms with van der Waals surface area (Å²) in [6.45, 7) is 0.117. The number of halogens is 3. The summed E-state index contributed by atoms with van der Waals surface area (Å²) in [5, 5.41) is 19.0. The van der Waals surface area contributed by atoms with Crippen LogP contribution < -0.4 is 10.6 Å². The van der Waals surface area contributed by atoms with Crippen LogP contribution in [0.3, 0.4) is 0 Å². The highest BCUT2D eigenvalue weighted by Crippen LogP contribution is 2.26. The minimum Gasteiger partial charge on any atom is -0.481 e. The van der Waals surface area contributed by atoms with Crippen LogP contribution in [0.25, 0.3) is 0 Å². The van der Waals surface area contributed by atoms with Crippen LogP contribution in [0.5, 0.6) is 0 Å². The van der Waals surface area contributed by atoms with E-state index in [-0.39, 0.29) is 25.2 Å². The maximum Gasteiger partial charge on any atom is 0.435 e. The van der Waals surface area contributed by atoms with Gasteiger partial charge in [-0.3, -0.25) is 10.1 Å². The third-order valence-corrected chi connectivity index (χ3v) is 2.05. The van der Waals surface area contributed by atoms with Gasteiger partial charge in [0.25, 0.3) is 0 Å². The monoisotopic (exact) mass is 292 g/mol. The second kappa shape index (κ2) is 6.68. The lowest BCUT2D eigenvalue weighted by Gasteiger charge is -2.07. The van der Waals surface area contributed by atoms with Crippen molar-refractivity contribution in [3.05, 3.63) is 17.8 Å². The molecule has 0 aliphatic heterocycles. The van der Waals surface area contributed by atoms with E-state index in [9.17, 15) is 22.8 Å². The van der Waals surface area contributed by atoms with Crippen LogP contribution in [0, 0.1) is 0 Å². The average Bonchev–Trinajstić information content (AvgIpc) is 2.34. The van der Waals surface area contributed by atoms with Crippen molar-refractivity contribution < 1.29 is 27.9 Å².